The maximum absolute atomic E-state index is 11.2. The van der Waals surface area contributed by atoms with Crippen molar-refractivity contribution in [1.29, 1.82) is 0 Å². The quantitative estimate of drug-likeness (QED) is 0.844. The first kappa shape index (κ1) is 14.7. The van der Waals surface area contributed by atoms with Crippen molar-refractivity contribution in [3.63, 3.8) is 0 Å². The molecule has 0 radical (unpaired) electrons. The van der Waals surface area contributed by atoms with Gasteiger partial charge in [-0.1, -0.05) is 0 Å². The van der Waals surface area contributed by atoms with Crippen LogP contribution in [-0.2, 0) is 22.9 Å². The minimum absolute atomic E-state index is 0.188. The molecule has 0 saturated carbocycles. The van der Waals surface area contributed by atoms with Crippen LogP contribution in [0.3, 0.4) is 0 Å². The summed E-state index contributed by atoms with van der Waals surface area (Å²) in [5.74, 6) is -0.563. The zero-order chi connectivity index (χ0) is 13.4. The van der Waals surface area contributed by atoms with E-state index in [-0.39, 0.29) is 5.00 Å². The number of halogens is 2. The van der Waals surface area contributed by atoms with Gasteiger partial charge in [-0.05, 0) is 6.07 Å². The van der Waals surface area contributed by atoms with Crippen LogP contribution in [0.5, 0.6) is 0 Å². The van der Waals surface area contributed by atoms with Crippen molar-refractivity contribution >= 4 is 61.7 Å². The SMILES string of the molecule is CC(=O)Nc1sc(S(=O)(=O)Cl)cc1S(=O)(=O)Cl. The second kappa shape index (κ2) is 4.73. The number of hydrogen-bond acceptors (Lipinski definition) is 6. The lowest BCUT2D eigenvalue weighted by Gasteiger charge is -1.99. The lowest BCUT2D eigenvalue weighted by Crippen LogP contribution is -2.06. The minimum Gasteiger partial charge on any atom is -0.317 e. The molecule has 0 spiro atoms. The molecule has 96 valence electrons. The van der Waals surface area contributed by atoms with Crippen LogP contribution >= 0.6 is 32.7 Å². The molecule has 0 aliphatic carbocycles. The van der Waals surface area contributed by atoms with E-state index in [0.29, 0.717) is 11.3 Å². The Balaban J connectivity index is 3.48. The fraction of sp³-hybridized carbons (Fsp3) is 0.167. The van der Waals surface area contributed by atoms with E-state index in [1.807, 2.05) is 0 Å². The second-order valence-corrected chi connectivity index (χ2v) is 9.20. The van der Waals surface area contributed by atoms with Crippen molar-refractivity contribution in [3.8, 4) is 0 Å². The summed E-state index contributed by atoms with van der Waals surface area (Å²) in [5, 5.41) is 1.98. The third-order valence-electron chi connectivity index (χ3n) is 1.47. The molecule has 1 aromatic heterocycles. The van der Waals surface area contributed by atoms with E-state index in [2.05, 4.69) is 5.32 Å². The average molecular weight is 338 g/mol. The molecule has 0 aromatic carbocycles. The van der Waals surface area contributed by atoms with Gasteiger partial charge in [0, 0.05) is 28.3 Å². The van der Waals surface area contributed by atoms with Gasteiger partial charge in [-0.25, -0.2) is 16.8 Å². The standard InChI is InChI=1S/C6H5Cl2NO5S3/c1-3(10)9-6-4(16(7,11)12)2-5(15-6)17(8,13)14/h2H,1H3,(H,9,10). The minimum atomic E-state index is -4.17. The Labute approximate surface area is 110 Å². The number of thiophene rings is 1. The highest BCUT2D eigenvalue weighted by molar-refractivity contribution is 8.15. The second-order valence-electron chi connectivity index (χ2n) is 2.82. The molecular formula is C6H5Cl2NO5S3. The van der Waals surface area contributed by atoms with Crippen molar-refractivity contribution in [2.24, 2.45) is 0 Å². The Morgan fingerprint density at radius 1 is 1.24 bits per heavy atom. The molecule has 1 aromatic rings. The summed E-state index contributed by atoms with van der Waals surface area (Å²) in [6.45, 7) is 1.14. The Kier molecular flexibility index (Phi) is 4.09. The van der Waals surface area contributed by atoms with Crippen LogP contribution in [0.4, 0.5) is 5.00 Å². The lowest BCUT2D eigenvalue weighted by molar-refractivity contribution is -0.114. The predicted molar refractivity (Wildman–Crippen MR) is 64.7 cm³/mol. The number of rotatable bonds is 3. The highest BCUT2D eigenvalue weighted by atomic mass is 35.7. The summed E-state index contributed by atoms with van der Waals surface area (Å²) in [6, 6.07) is 0.792. The van der Waals surface area contributed by atoms with Gasteiger partial charge in [0.1, 0.15) is 14.1 Å². The summed E-state index contributed by atoms with van der Waals surface area (Å²) in [7, 11) is 1.90. The number of nitrogens with one attached hydrogen (secondary N) is 1. The molecule has 11 heteroatoms. The zero-order valence-corrected chi connectivity index (χ0v) is 12.1. The van der Waals surface area contributed by atoms with Gasteiger partial charge in [0.05, 0.1) is 0 Å². The Hall–Kier alpha value is -0.350. The fourth-order valence-electron chi connectivity index (χ4n) is 0.901. The zero-order valence-electron chi connectivity index (χ0n) is 8.10. The van der Waals surface area contributed by atoms with Crippen molar-refractivity contribution in [2.45, 2.75) is 16.0 Å². The van der Waals surface area contributed by atoms with Crippen LogP contribution in [-0.4, -0.2) is 22.7 Å². The van der Waals surface area contributed by atoms with Gasteiger partial charge in [0.15, 0.2) is 0 Å². The average Bonchev–Trinajstić information content (AvgIpc) is 2.44. The molecule has 0 atom stereocenters. The van der Waals surface area contributed by atoms with E-state index in [0.717, 1.165) is 13.0 Å². The van der Waals surface area contributed by atoms with E-state index in [9.17, 15) is 21.6 Å². The largest absolute Gasteiger partial charge is 0.317 e. The van der Waals surface area contributed by atoms with Gasteiger partial charge >= 0.3 is 0 Å². The van der Waals surface area contributed by atoms with E-state index >= 15 is 0 Å². The Morgan fingerprint density at radius 2 is 1.76 bits per heavy atom. The third-order valence-corrected chi connectivity index (χ3v) is 6.07. The van der Waals surface area contributed by atoms with Gasteiger partial charge in [0.2, 0.25) is 5.91 Å². The van der Waals surface area contributed by atoms with E-state index in [1.54, 1.807) is 0 Å². The normalized spacial score (nSPS) is 12.4. The molecule has 0 unspecified atom stereocenters. The lowest BCUT2D eigenvalue weighted by atomic mass is 10.6. The van der Waals surface area contributed by atoms with E-state index in [4.69, 9.17) is 21.4 Å². The molecule has 1 heterocycles. The maximum atomic E-state index is 11.2. The van der Waals surface area contributed by atoms with Gasteiger partial charge < -0.3 is 5.32 Å². The molecule has 0 fully saturated rings. The molecule has 0 aliphatic rings. The van der Waals surface area contributed by atoms with Crippen LogP contribution in [0.15, 0.2) is 15.2 Å². The van der Waals surface area contributed by atoms with Gasteiger partial charge in [-0.2, -0.15) is 0 Å². The molecule has 1 rings (SSSR count). The van der Waals surface area contributed by atoms with Crippen molar-refractivity contribution < 1.29 is 21.6 Å². The fourth-order valence-corrected chi connectivity index (χ4v) is 4.59. The Bertz CT molecular complexity index is 660. The van der Waals surface area contributed by atoms with Crippen molar-refractivity contribution in [3.05, 3.63) is 6.07 Å². The maximum Gasteiger partial charge on any atom is 0.270 e. The van der Waals surface area contributed by atoms with Crippen LogP contribution in [0.2, 0.25) is 0 Å². The van der Waals surface area contributed by atoms with Crippen LogP contribution in [0.25, 0.3) is 0 Å². The summed E-state index contributed by atoms with van der Waals surface area (Å²) >= 11 is 0.506. The molecule has 6 nitrogen and oxygen atoms in total. The highest BCUT2D eigenvalue weighted by Crippen LogP contribution is 2.37. The molecule has 0 aliphatic heterocycles. The molecule has 17 heavy (non-hydrogen) atoms. The topological polar surface area (TPSA) is 97.4 Å². The monoisotopic (exact) mass is 337 g/mol. The van der Waals surface area contributed by atoms with Crippen LogP contribution in [0, 0.1) is 0 Å². The van der Waals surface area contributed by atoms with E-state index in [1.165, 1.54) is 0 Å². The molecule has 0 bridgehead atoms. The summed E-state index contributed by atoms with van der Waals surface area (Å²) in [6.07, 6.45) is 0. The smallest absolute Gasteiger partial charge is 0.270 e. The highest BCUT2D eigenvalue weighted by Gasteiger charge is 2.25. The van der Waals surface area contributed by atoms with E-state index < -0.39 is 33.1 Å². The first-order valence-corrected chi connectivity index (χ1v) is 9.26. The number of amides is 1. The first-order valence-electron chi connectivity index (χ1n) is 3.82. The molecule has 1 N–H and O–H groups in total. The van der Waals surface area contributed by atoms with Crippen LogP contribution in [0.1, 0.15) is 6.92 Å². The molecule has 1 amide bonds. The Morgan fingerprint density at radius 3 is 2.12 bits per heavy atom. The first-order chi connectivity index (χ1) is 7.51. The van der Waals surface area contributed by atoms with Gasteiger partial charge in [-0.3, -0.25) is 4.79 Å². The molecule has 0 saturated heterocycles. The van der Waals surface area contributed by atoms with Gasteiger partial charge in [-0.15, -0.1) is 11.3 Å². The number of carbonyl (C=O) groups excluding carboxylic acids is 1. The third kappa shape index (κ3) is 3.81. The summed E-state index contributed by atoms with van der Waals surface area (Å²) in [4.78, 5) is 10.3. The number of carbonyl (C=O) groups is 1. The molecular weight excluding hydrogens is 333 g/mol. The van der Waals surface area contributed by atoms with Crippen molar-refractivity contribution in [2.75, 3.05) is 5.32 Å². The number of anilines is 1. The van der Waals surface area contributed by atoms with Gasteiger partial charge in [0.25, 0.3) is 18.1 Å². The summed E-state index contributed by atoms with van der Waals surface area (Å²) in [5.41, 5.74) is 0. The summed E-state index contributed by atoms with van der Waals surface area (Å²) < 4.78 is 44.0. The van der Waals surface area contributed by atoms with Crippen molar-refractivity contribution in [1.82, 2.24) is 0 Å². The predicted octanol–water partition coefficient (Wildman–Crippen LogP) is 1.56. The van der Waals surface area contributed by atoms with Crippen LogP contribution < -0.4 is 5.32 Å². The number of hydrogen-bond donors (Lipinski definition) is 1.